The fourth-order valence-electron chi connectivity index (χ4n) is 1.66. The van der Waals surface area contributed by atoms with E-state index in [2.05, 4.69) is 16.0 Å². The molecule has 0 radical (unpaired) electrons. The van der Waals surface area contributed by atoms with Gasteiger partial charge in [0.15, 0.2) is 0 Å². The van der Waals surface area contributed by atoms with Crippen molar-refractivity contribution in [1.29, 1.82) is 5.26 Å². The van der Waals surface area contributed by atoms with Gasteiger partial charge in [-0.1, -0.05) is 0 Å². The second-order valence-corrected chi connectivity index (χ2v) is 7.39. The second-order valence-electron chi connectivity index (χ2n) is 5.12. The summed E-state index contributed by atoms with van der Waals surface area (Å²) in [5, 5.41) is 18.7. The molecule has 0 bridgehead atoms. The molecule has 1 atom stereocenters. The molecule has 0 unspecified atom stereocenters. The molecule has 0 saturated carbocycles. The van der Waals surface area contributed by atoms with Crippen LogP contribution in [0.3, 0.4) is 0 Å². The standard InChI is InChI=1S/C12H18N4O2Se/c1-16(2,3)10(12(17)18)7-9-11(15-8-14-9)19-6-4-5-13/h8,10H,4,6-7H2,1-3H3,(H-,14,15,17,18)/p+1/t10-/m0/s1. The van der Waals surface area contributed by atoms with E-state index >= 15 is 0 Å². The Kier molecular flexibility index (Phi) is 5.55. The number of aliphatic carboxylic acids is 1. The number of aromatic amines is 1. The van der Waals surface area contributed by atoms with Gasteiger partial charge in [0.25, 0.3) is 0 Å². The van der Waals surface area contributed by atoms with E-state index in [1.807, 2.05) is 21.1 Å². The van der Waals surface area contributed by atoms with Crippen molar-refractivity contribution >= 4 is 25.5 Å². The molecule has 0 amide bonds. The molecule has 0 fully saturated rings. The van der Waals surface area contributed by atoms with E-state index < -0.39 is 12.0 Å². The summed E-state index contributed by atoms with van der Waals surface area (Å²) in [4.78, 5) is 18.6. The van der Waals surface area contributed by atoms with Crippen molar-refractivity contribution in [3.63, 3.8) is 0 Å². The fourth-order valence-corrected chi connectivity index (χ4v) is 3.40. The topological polar surface area (TPSA) is 89.8 Å². The Morgan fingerprint density at radius 1 is 1.63 bits per heavy atom. The van der Waals surface area contributed by atoms with E-state index in [-0.39, 0.29) is 15.0 Å². The van der Waals surface area contributed by atoms with Gasteiger partial charge in [-0.3, -0.25) is 0 Å². The van der Waals surface area contributed by atoms with Crippen LogP contribution in [0.2, 0.25) is 5.32 Å². The summed E-state index contributed by atoms with van der Waals surface area (Å²) in [6.07, 6.45) is 2.56. The Labute approximate surface area is 119 Å². The molecule has 0 aliphatic heterocycles. The first-order valence-electron chi connectivity index (χ1n) is 5.92. The number of imidazole rings is 1. The van der Waals surface area contributed by atoms with Crippen molar-refractivity contribution in [2.75, 3.05) is 21.1 Å². The number of hydrogen-bond donors (Lipinski definition) is 2. The Bertz CT molecular complexity index is 473. The maximum atomic E-state index is 11.4. The number of nitrogens with zero attached hydrogens (tertiary/aromatic N) is 3. The van der Waals surface area contributed by atoms with Crippen molar-refractivity contribution in [3.8, 4) is 6.07 Å². The number of nitrogens with one attached hydrogen (secondary N) is 1. The SMILES string of the molecule is C[N+](C)(C)[C@@H](Cc1[nH]cnc1[Se]CCC#N)C(=O)O. The summed E-state index contributed by atoms with van der Waals surface area (Å²) < 4.78 is 1.29. The zero-order valence-electron chi connectivity index (χ0n) is 11.4. The number of rotatable bonds is 7. The molecule has 1 heterocycles. The van der Waals surface area contributed by atoms with E-state index in [1.54, 1.807) is 6.33 Å². The molecule has 1 aromatic rings. The van der Waals surface area contributed by atoms with Crippen LogP contribution in [0, 0.1) is 11.3 Å². The Morgan fingerprint density at radius 3 is 2.84 bits per heavy atom. The van der Waals surface area contributed by atoms with Crippen LogP contribution in [0.1, 0.15) is 12.1 Å². The monoisotopic (exact) mass is 331 g/mol. The number of quaternary nitrogens is 1. The van der Waals surface area contributed by atoms with Gasteiger partial charge >= 0.3 is 119 Å². The van der Waals surface area contributed by atoms with Gasteiger partial charge in [0, 0.05) is 0 Å². The molecule has 104 valence electrons. The fraction of sp³-hybridized carbons (Fsp3) is 0.583. The molecule has 19 heavy (non-hydrogen) atoms. The number of nitriles is 1. The van der Waals surface area contributed by atoms with Crippen LogP contribution in [0.4, 0.5) is 0 Å². The summed E-state index contributed by atoms with van der Waals surface area (Å²) in [6.45, 7) is 0. The van der Waals surface area contributed by atoms with E-state index in [4.69, 9.17) is 5.26 Å². The first-order chi connectivity index (χ1) is 8.86. The van der Waals surface area contributed by atoms with Crippen LogP contribution < -0.4 is 4.59 Å². The second kappa shape index (κ2) is 6.71. The maximum absolute atomic E-state index is 11.4. The average Bonchev–Trinajstić information content (AvgIpc) is 2.72. The molecule has 0 aliphatic rings. The number of hydrogen-bond acceptors (Lipinski definition) is 3. The molecular weight excluding hydrogens is 311 g/mol. The van der Waals surface area contributed by atoms with Crippen LogP contribution in [0.5, 0.6) is 0 Å². The molecule has 6 nitrogen and oxygen atoms in total. The number of carboxylic acid groups (broad SMARTS) is 1. The summed E-state index contributed by atoms with van der Waals surface area (Å²) in [5.74, 6) is -0.808. The molecule has 2 N–H and O–H groups in total. The van der Waals surface area contributed by atoms with Gasteiger partial charge < -0.3 is 0 Å². The quantitative estimate of drug-likeness (QED) is 0.411. The normalized spacial score (nSPS) is 12.9. The zero-order valence-corrected chi connectivity index (χ0v) is 13.1. The van der Waals surface area contributed by atoms with Crippen LogP contribution in [-0.2, 0) is 11.2 Å². The molecule has 7 heteroatoms. The average molecular weight is 330 g/mol. The molecule has 0 saturated heterocycles. The predicted molar refractivity (Wildman–Crippen MR) is 72.2 cm³/mol. The predicted octanol–water partition coefficient (Wildman–Crippen LogP) is -0.227. The summed E-state index contributed by atoms with van der Waals surface area (Å²) >= 11 is 0.124. The minimum absolute atomic E-state index is 0.124. The molecule has 0 aliphatic carbocycles. The number of aromatic nitrogens is 2. The van der Waals surface area contributed by atoms with E-state index in [1.165, 1.54) is 0 Å². The summed E-state index contributed by atoms with van der Waals surface area (Å²) in [6, 6.07) is 1.60. The third kappa shape index (κ3) is 4.67. The van der Waals surface area contributed by atoms with Crippen LogP contribution in [-0.4, -0.2) is 67.7 Å². The van der Waals surface area contributed by atoms with Crippen molar-refractivity contribution in [1.82, 2.24) is 9.97 Å². The van der Waals surface area contributed by atoms with Gasteiger partial charge in [-0.25, -0.2) is 0 Å². The van der Waals surface area contributed by atoms with Gasteiger partial charge in [-0.05, 0) is 0 Å². The third-order valence-electron chi connectivity index (χ3n) is 2.75. The van der Waals surface area contributed by atoms with Crippen molar-refractivity contribution in [2.24, 2.45) is 0 Å². The van der Waals surface area contributed by atoms with Gasteiger partial charge in [0.05, 0.1) is 0 Å². The van der Waals surface area contributed by atoms with Gasteiger partial charge in [-0.2, -0.15) is 0 Å². The number of likely N-dealkylation sites (N-methyl/N-ethyl adjacent to an activating group) is 1. The first kappa shape index (κ1) is 15.7. The van der Waals surface area contributed by atoms with Gasteiger partial charge in [0.1, 0.15) is 0 Å². The Hall–Kier alpha value is -1.35. The van der Waals surface area contributed by atoms with E-state index in [9.17, 15) is 9.90 Å². The Morgan fingerprint density at radius 2 is 2.32 bits per heavy atom. The molecule has 0 spiro atoms. The number of carboxylic acids is 1. The van der Waals surface area contributed by atoms with Gasteiger partial charge in [-0.15, -0.1) is 0 Å². The van der Waals surface area contributed by atoms with Crippen molar-refractivity contribution < 1.29 is 14.4 Å². The van der Waals surface area contributed by atoms with E-state index in [0.29, 0.717) is 17.3 Å². The van der Waals surface area contributed by atoms with Gasteiger partial charge in [0.2, 0.25) is 0 Å². The van der Waals surface area contributed by atoms with E-state index in [0.717, 1.165) is 15.6 Å². The summed E-state index contributed by atoms with van der Waals surface area (Å²) in [7, 11) is 5.61. The number of carbonyl (C=O) groups is 1. The van der Waals surface area contributed by atoms with Crippen LogP contribution >= 0.6 is 0 Å². The van der Waals surface area contributed by atoms with Crippen LogP contribution in [0.15, 0.2) is 6.33 Å². The van der Waals surface area contributed by atoms with Crippen LogP contribution in [0.25, 0.3) is 0 Å². The molecule has 1 aromatic heterocycles. The zero-order chi connectivity index (χ0) is 14.5. The minimum atomic E-state index is -0.808. The summed E-state index contributed by atoms with van der Waals surface area (Å²) in [5.41, 5.74) is 0.887. The number of H-pyrrole nitrogens is 1. The molecule has 0 aromatic carbocycles. The Balaban J connectivity index is 2.78. The molecule has 1 rings (SSSR count). The van der Waals surface area contributed by atoms with Crippen molar-refractivity contribution in [2.45, 2.75) is 24.2 Å². The first-order valence-corrected chi connectivity index (χ1v) is 7.99. The third-order valence-corrected chi connectivity index (χ3v) is 4.92. The molecular formula is C12H19N4O2Se+. The van der Waals surface area contributed by atoms with Crippen molar-refractivity contribution in [3.05, 3.63) is 12.0 Å².